The summed E-state index contributed by atoms with van der Waals surface area (Å²) in [4.78, 5) is 11.0. The van der Waals surface area contributed by atoms with Crippen molar-refractivity contribution in [2.45, 2.75) is 0 Å². The van der Waals surface area contributed by atoms with E-state index in [1.165, 1.54) is 6.07 Å². The van der Waals surface area contributed by atoms with Gasteiger partial charge in [-0.2, -0.15) is 0 Å². The fraction of sp³-hybridized carbons (Fsp3) is 0.133. The molecule has 2 rings (SSSR count). The van der Waals surface area contributed by atoms with Gasteiger partial charge in [-0.15, -0.1) is 0 Å². The Balaban J connectivity index is 2.26. The molecule has 0 unspecified atom stereocenters. The van der Waals surface area contributed by atoms with E-state index in [4.69, 9.17) is 13.9 Å². The molecule has 0 fully saturated rings. The van der Waals surface area contributed by atoms with Gasteiger partial charge in [0.15, 0.2) is 11.5 Å². The van der Waals surface area contributed by atoms with Gasteiger partial charge in [-0.3, -0.25) is 0 Å². The molecular formula is C15H14O4. The van der Waals surface area contributed by atoms with Crippen molar-refractivity contribution in [3.63, 3.8) is 0 Å². The first-order valence-corrected chi connectivity index (χ1v) is 5.73. The first kappa shape index (κ1) is 13.0. The number of rotatable bonds is 4. The molecule has 98 valence electrons. The summed E-state index contributed by atoms with van der Waals surface area (Å²) in [6.07, 6.45) is 3.56. The summed E-state index contributed by atoms with van der Waals surface area (Å²) in [6.45, 7) is 0. The average molecular weight is 258 g/mol. The van der Waals surface area contributed by atoms with Crippen LogP contribution in [0.2, 0.25) is 0 Å². The number of hydrogen-bond donors (Lipinski definition) is 0. The van der Waals surface area contributed by atoms with E-state index >= 15 is 0 Å². The molecule has 0 aliphatic carbocycles. The zero-order valence-corrected chi connectivity index (χ0v) is 10.8. The molecule has 0 aliphatic heterocycles. The van der Waals surface area contributed by atoms with Gasteiger partial charge in [0.2, 0.25) is 0 Å². The third-order valence-electron chi connectivity index (χ3n) is 2.56. The largest absolute Gasteiger partial charge is 0.493 e. The standard InChI is InChI=1S/C15H14O4/c1-17-13-9-7-11(10-14(13)18-2)6-8-12-4-3-5-15(16)19-12/h3-10H,1-2H3. The molecule has 0 radical (unpaired) electrons. The van der Waals surface area contributed by atoms with Crippen molar-refractivity contribution >= 4 is 12.2 Å². The molecule has 0 aliphatic rings. The summed E-state index contributed by atoms with van der Waals surface area (Å²) in [5.41, 5.74) is 0.554. The molecule has 2 aromatic rings. The Labute approximate surface area is 110 Å². The van der Waals surface area contributed by atoms with Crippen molar-refractivity contribution < 1.29 is 13.9 Å². The number of hydrogen-bond acceptors (Lipinski definition) is 4. The second kappa shape index (κ2) is 5.91. The van der Waals surface area contributed by atoms with Crippen molar-refractivity contribution in [1.82, 2.24) is 0 Å². The minimum atomic E-state index is -0.366. The summed E-state index contributed by atoms with van der Waals surface area (Å²) >= 11 is 0. The lowest BCUT2D eigenvalue weighted by Crippen LogP contribution is -1.94. The van der Waals surface area contributed by atoms with Gasteiger partial charge < -0.3 is 13.9 Å². The Morgan fingerprint density at radius 2 is 1.79 bits per heavy atom. The van der Waals surface area contributed by atoms with E-state index < -0.39 is 0 Å². The maximum atomic E-state index is 11.0. The first-order valence-electron chi connectivity index (χ1n) is 5.73. The molecular weight excluding hydrogens is 244 g/mol. The van der Waals surface area contributed by atoms with E-state index in [0.29, 0.717) is 17.3 Å². The minimum Gasteiger partial charge on any atom is -0.493 e. The number of benzene rings is 1. The summed E-state index contributed by atoms with van der Waals surface area (Å²) in [5, 5.41) is 0. The van der Waals surface area contributed by atoms with Crippen LogP contribution < -0.4 is 15.1 Å². The maximum absolute atomic E-state index is 11.0. The molecule has 0 N–H and O–H groups in total. The van der Waals surface area contributed by atoms with Crippen LogP contribution in [0, 0.1) is 0 Å². The molecule has 0 amide bonds. The average Bonchev–Trinajstić information content (AvgIpc) is 2.45. The quantitative estimate of drug-likeness (QED) is 0.846. The zero-order chi connectivity index (χ0) is 13.7. The molecule has 4 heteroatoms. The van der Waals surface area contributed by atoms with Gasteiger partial charge >= 0.3 is 5.63 Å². The molecule has 0 saturated carbocycles. The van der Waals surface area contributed by atoms with Crippen LogP contribution in [0.5, 0.6) is 11.5 Å². The van der Waals surface area contributed by atoms with Gasteiger partial charge in [0.1, 0.15) is 5.76 Å². The van der Waals surface area contributed by atoms with E-state index in [0.717, 1.165) is 5.56 Å². The molecule has 0 saturated heterocycles. The zero-order valence-electron chi connectivity index (χ0n) is 10.8. The van der Waals surface area contributed by atoms with Crippen LogP contribution in [0.15, 0.2) is 45.6 Å². The third-order valence-corrected chi connectivity index (χ3v) is 2.56. The van der Waals surface area contributed by atoms with E-state index in [2.05, 4.69) is 0 Å². The van der Waals surface area contributed by atoms with E-state index in [-0.39, 0.29) is 5.63 Å². The molecule has 19 heavy (non-hydrogen) atoms. The predicted molar refractivity (Wildman–Crippen MR) is 73.5 cm³/mol. The van der Waals surface area contributed by atoms with Crippen LogP contribution in [0.1, 0.15) is 11.3 Å². The highest BCUT2D eigenvalue weighted by Crippen LogP contribution is 2.28. The third kappa shape index (κ3) is 3.25. The highest BCUT2D eigenvalue weighted by molar-refractivity contribution is 5.68. The molecule has 0 spiro atoms. The molecule has 1 aromatic carbocycles. The highest BCUT2D eigenvalue weighted by Gasteiger charge is 2.02. The molecule has 1 heterocycles. The second-order valence-electron chi connectivity index (χ2n) is 3.80. The van der Waals surface area contributed by atoms with E-state index in [9.17, 15) is 4.79 Å². The molecule has 0 atom stereocenters. The van der Waals surface area contributed by atoms with Crippen LogP contribution in [0.25, 0.3) is 12.2 Å². The Hall–Kier alpha value is -2.49. The van der Waals surface area contributed by atoms with Crippen molar-refractivity contribution in [3.8, 4) is 11.5 Å². The Morgan fingerprint density at radius 3 is 2.47 bits per heavy atom. The van der Waals surface area contributed by atoms with E-state index in [1.54, 1.807) is 32.4 Å². The fourth-order valence-corrected chi connectivity index (χ4v) is 1.63. The SMILES string of the molecule is COc1ccc(C=Cc2cccc(=O)o2)cc1OC. The Morgan fingerprint density at radius 1 is 1.00 bits per heavy atom. The lowest BCUT2D eigenvalue weighted by Gasteiger charge is -2.07. The molecule has 4 nitrogen and oxygen atoms in total. The van der Waals surface area contributed by atoms with Gasteiger partial charge in [-0.1, -0.05) is 18.2 Å². The summed E-state index contributed by atoms with van der Waals surface area (Å²) < 4.78 is 15.4. The van der Waals surface area contributed by atoms with E-state index in [1.807, 2.05) is 24.3 Å². The normalized spacial score (nSPS) is 10.6. The van der Waals surface area contributed by atoms with Gasteiger partial charge in [0, 0.05) is 6.07 Å². The fourth-order valence-electron chi connectivity index (χ4n) is 1.63. The summed E-state index contributed by atoms with van der Waals surface area (Å²) in [5.74, 6) is 1.83. The number of methoxy groups -OCH3 is 2. The minimum absolute atomic E-state index is 0.366. The Bertz CT molecular complexity index is 641. The summed E-state index contributed by atoms with van der Waals surface area (Å²) in [7, 11) is 3.17. The van der Waals surface area contributed by atoms with Crippen LogP contribution >= 0.6 is 0 Å². The van der Waals surface area contributed by atoms with Crippen molar-refractivity contribution in [2.24, 2.45) is 0 Å². The van der Waals surface area contributed by atoms with Gasteiger partial charge in [0.25, 0.3) is 0 Å². The van der Waals surface area contributed by atoms with Crippen LogP contribution in [-0.4, -0.2) is 14.2 Å². The monoisotopic (exact) mass is 258 g/mol. The topological polar surface area (TPSA) is 48.7 Å². The summed E-state index contributed by atoms with van der Waals surface area (Å²) in [6, 6.07) is 10.3. The lowest BCUT2D eigenvalue weighted by molar-refractivity contribution is 0.355. The van der Waals surface area contributed by atoms with Crippen molar-refractivity contribution in [3.05, 3.63) is 58.1 Å². The smallest absolute Gasteiger partial charge is 0.336 e. The van der Waals surface area contributed by atoms with Crippen LogP contribution in [0.3, 0.4) is 0 Å². The Kier molecular flexibility index (Phi) is 4.03. The van der Waals surface area contributed by atoms with Crippen LogP contribution in [0.4, 0.5) is 0 Å². The lowest BCUT2D eigenvalue weighted by atomic mass is 10.2. The first-order chi connectivity index (χ1) is 9.22. The molecule has 1 aromatic heterocycles. The van der Waals surface area contributed by atoms with Crippen LogP contribution in [-0.2, 0) is 0 Å². The maximum Gasteiger partial charge on any atom is 0.336 e. The van der Waals surface area contributed by atoms with Crippen molar-refractivity contribution in [1.29, 1.82) is 0 Å². The van der Waals surface area contributed by atoms with Gasteiger partial charge in [-0.25, -0.2) is 4.79 Å². The highest BCUT2D eigenvalue weighted by atomic mass is 16.5. The predicted octanol–water partition coefficient (Wildman–Crippen LogP) is 2.83. The van der Waals surface area contributed by atoms with Gasteiger partial charge in [0.05, 0.1) is 14.2 Å². The van der Waals surface area contributed by atoms with Gasteiger partial charge in [-0.05, 0) is 29.8 Å². The number of ether oxygens (including phenoxy) is 2. The second-order valence-corrected chi connectivity index (χ2v) is 3.80. The van der Waals surface area contributed by atoms with Crippen molar-refractivity contribution in [2.75, 3.05) is 14.2 Å². The molecule has 0 bridgehead atoms.